The van der Waals surface area contributed by atoms with E-state index in [-0.39, 0.29) is 11.2 Å². The van der Waals surface area contributed by atoms with Crippen molar-refractivity contribution >= 4 is 12.3 Å². The standard InChI is InChI=1S/C32H28O5/c33-22-23-4-14-28(15-5-23)36-29-16-6-24(7-17-29)31(35)37-30-18-10-26(11-19-30)32(20-2-1-3-21-32)25-8-12-27(34)13-9-25/h4-19,22,34H,1-3,20-21H2. The predicted molar refractivity (Wildman–Crippen MR) is 142 cm³/mol. The first-order valence-corrected chi connectivity index (χ1v) is 12.5. The van der Waals surface area contributed by atoms with Crippen molar-refractivity contribution in [2.45, 2.75) is 37.5 Å². The molecule has 1 fully saturated rings. The Morgan fingerprint density at radius 2 is 1.19 bits per heavy atom. The second kappa shape index (κ2) is 10.7. The Labute approximate surface area is 216 Å². The molecule has 1 aliphatic carbocycles. The molecule has 1 N–H and O–H groups in total. The van der Waals surface area contributed by atoms with Crippen LogP contribution in [-0.4, -0.2) is 17.4 Å². The van der Waals surface area contributed by atoms with Crippen LogP contribution < -0.4 is 9.47 Å². The number of rotatable bonds is 7. The van der Waals surface area contributed by atoms with Gasteiger partial charge in [0.1, 0.15) is 29.3 Å². The van der Waals surface area contributed by atoms with Crippen LogP contribution in [-0.2, 0) is 5.41 Å². The molecule has 0 radical (unpaired) electrons. The first kappa shape index (κ1) is 24.3. The highest BCUT2D eigenvalue weighted by Gasteiger charge is 2.35. The molecule has 0 bridgehead atoms. The molecule has 0 atom stereocenters. The maximum atomic E-state index is 12.7. The molecule has 0 aromatic heterocycles. The number of phenols is 1. The van der Waals surface area contributed by atoms with Gasteiger partial charge in [0, 0.05) is 11.0 Å². The molecule has 0 amide bonds. The second-order valence-electron chi connectivity index (χ2n) is 9.42. The fourth-order valence-electron chi connectivity index (χ4n) is 5.10. The summed E-state index contributed by atoms with van der Waals surface area (Å²) in [4.78, 5) is 23.5. The Balaban J connectivity index is 1.27. The lowest BCUT2D eigenvalue weighted by Gasteiger charge is -2.38. The third kappa shape index (κ3) is 5.41. The summed E-state index contributed by atoms with van der Waals surface area (Å²) in [5, 5.41) is 9.76. The van der Waals surface area contributed by atoms with Crippen LogP contribution in [0, 0.1) is 0 Å². The monoisotopic (exact) mass is 492 g/mol. The van der Waals surface area contributed by atoms with Crippen LogP contribution in [0.3, 0.4) is 0 Å². The summed E-state index contributed by atoms with van der Waals surface area (Å²) in [6.45, 7) is 0. The zero-order valence-electron chi connectivity index (χ0n) is 20.4. The van der Waals surface area contributed by atoms with E-state index in [9.17, 15) is 14.7 Å². The van der Waals surface area contributed by atoms with Crippen molar-refractivity contribution in [1.29, 1.82) is 0 Å². The quantitative estimate of drug-likeness (QED) is 0.165. The second-order valence-corrected chi connectivity index (χ2v) is 9.42. The lowest BCUT2D eigenvalue weighted by atomic mass is 9.65. The minimum absolute atomic E-state index is 0.0993. The van der Waals surface area contributed by atoms with Gasteiger partial charge in [-0.25, -0.2) is 4.79 Å². The highest BCUT2D eigenvalue weighted by atomic mass is 16.5. The van der Waals surface area contributed by atoms with Gasteiger partial charge in [-0.15, -0.1) is 0 Å². The van der Waals surface area contributed by atoms with Gasteiger partial charge >= 0.3 is 5.97 Å². The van der Waals surface area contributed by atoms with Gasteiger partial charge in [0.25, 0.3) is 0 Å². The molecule has 0 unspecified atom stereocenters. The number of esters is 1. The van der Waals surface area contributed by atoms with Crippen molar-refractivity contribution in [2.75, 3.05) is 0 Å². The van der Waals surface area contributed by atoms with E-state index in [0.717, 1.165) is 32.0 Å². The molecule has 5 heteroatoms. The van der Waals surface area contributed by atoms with E-state index in [1.807, 2.05) is 36.4 Å². The van der Waals surface area contributed by atoms with Crippen LogP contribution >= 0.6 is 0 Å². The van der Waals surface area contributed by atoms with Crippen molar-refractivity contribution in [1.82, 2.24) is 0 Å². The molecule has 0 heterocycles. The zero-order chi connectivity index (χ0) is 25.7. The molecule has 0 saturated heterocycles. The minimum atomic E-state index is -0.444. The Kier molecular flexibility index (Phi) is 7.04. The first-order valence-electron chi connectivity index (χ1n) is 12.5. The third-order valence-corrected chi connectivity index (χ3v) is 7.09. The number of hydrogen-bond acceptors (Lipinski definition) is 5. The number of ether oxygens (including phenoxy) is 2. The molecule has 5 rings (SSSR count). The van der Waals surface area contributed by atoms with Crippen LogP contribution in [0.25, 0.3) is 0 Å². The number of aldehydes is 1. The molecule has 186 valence electrons. The number of carbonyl (C=O) groups is 2. The van der Waals surface area contributed by atoms with Crippen LogP contribution in [0.5, 0.6) is 23.0 Å². The number of benzene rings is 4. The lowest BCUT2D eigenvalue weighted by molar-refractivity contribution is 0.0734. The molecule has 4 aromatic carbocycles. The van der Waals surface area contributed by atoms with E-state index in [2.05, 4.69) is 0 Å². The summed E-state index contributed by atoms with van der Waals surface area (Å²) < 4.78 is 11.4. The van der Waals surface area contributed by atoms with E-state index < -0.39 is 5.97 Å². The average Bonchev–Trinajstić information content (AvgIpc) is 2.95. The summed E-state index contributed by atoms with van der Waals surface area (Å²) >= 11 is 0. The third-order valence-electron chi connectivity index (χ3n) is 7.09. The lowest BCUT2D eigenvalue weighted by Crippen LogP contribution is -2.30. The maximum absolute atomic E-state index is 12.7. The fourth-order valence-corrected chi connectivity index (χ4v) is 5.10. The van der Waals surface area contributed by atoms with Crippen LogP contribution in [0.4, 0.5) is 0 Å². The van der Waals surface area contributed by atoms with Crippen LogP contribution in [0.2, 0.25) is 0 Å². The Morgan fingerprint density at radius 3 is 1.76 bits per heavy atom. The summed E-state index contributed by atoms with van der Waals surface area (Å²) in [6.07, 6.45) is 6.41. The first-order chi connectivity index (χ1) is 18.1. The van der Waals surface area contributed by atoms with E-state index in [1.165, 1.54) is 17.5 Å². The summed E-state index contributed by atoms with van der Waals surface area (Å²) in [7, 11) is 0. The Morgan fingerprint density at radius 1 is 0.676 bits per heavy atom. The van der Waals surface area contributed by atoms with Gasteiger partial charge in [-0.3, -0.25) is 4.79 Å². The topological polar surface area (TPSA) is 72.8 Å². The Bertz CT molecular complexity index is 1350. The van der Waals surface area contributed by atoms with Crippen molar-refractivity contribution in [3.05, 3.63) is 119 Å². The van der Waals surface area contributed by atoms with Gasteiger partial charge in [0.05, 0.1) is 5.56 Å². The summed E-state index contributed by atoms with van der Waals surface area (Å²) in [5.41, 5.74) is 3.29. The SMILES string of the molecule is O=Cc1ccc(Oc2ccc(C(=O)Oc3ccc(C4(c5ccc(O)cc5)CCCCC4)cc3)cc2)cc1. The highest BCUT2D eigenvalue weighted by molar-refractivity contribution is 5.91. The van der Waals surface area contributed by atoms with Crippen molar-refractivity contribution in [3.8, 4) is 23.0 Å². The van der Waals surface area contributed by atoms with Crippen molar-refractivity contribution in [2.24, 2.45) is 0 Å². The molecule has 0 spiro atoms. The number of carbonyl (C=O) groups excluding carboxylic acids is 2. The summed E-state index contributed by atoms with van der Waals surface area (Å²) in [6, 6.07) is 28.9. The molecule has 1 saturated carbocycles. The normalized spacial score (nSPS) is 14.5. The van der Waals surface area contributed by atoms with Crippen LogP contribution in [0.15, 0.2) is 97.1 Å². The highest BCUT2D eigenvalue weighted by Crippen LogP contribution is 2.45. The van der Waals surface area contributed by atoms with E-state index in [1.54, 1.807) is 60.7 Å². The zero-order valence-corrected chi connectivity index (χ0v) is 20.4. The van der Waals surface area contributed by atoms with Gasteiger partial charge < -0.3 is 14.6 Å². The van der Waals surface area contributed by atoms with E-state index in [0.29, 0.717) is 28.4 Å². The molecule has 0 aliphatic heterocycles. The molecule has 4 aromatic rings. The van der Waals surface area contributed by atoms with E-state index in [4.69, 9.17) is 9.47 Å². The molecular weight excluding hydrogens is 464 g/mol. The molecule has 5 nitrogen and oxygen atoms in total. The van der Waals surface area contributed by atoms with Gasteiger partial charge in [-0.05, 0) is 96.8 Å². The van der Waals surface area contributed by atoms with Gasteiger partial charge in [-0.2, -0.15) is 0 Å². The molecule has 1 aliphatic rings. The number of hydrogen-bond donors (Lipinski definition) is 1. The predicted octanol–water partition coefficient (Wildman–Crippen LogP) is 7.47. The van der Waals surface area contributed by atoms with Crippen molar-refractivity contribution in [3.63, 3.8) is 0 Å². The Hall–Kier alpha value is -4.38. The van der Waals surface area contributed by atoms with Crippen LogP contribution in [0.1, 0.15) is 63.9 Å². The number of aromatic hydroxyl groups is 1. The largest absolute Gasteiger partial charge is 0.508 e. The fraction of sp³-hybridized carbons (Fsp3) is 0.188. The molecular formula is C32H28O5. The average molecular weight is 493 g/mol. The molecule has 37 heavy (non-hydrogen) atoms. The van der Waals surface area contributed by atoms with Gasteiger partial charge in [0.15, 0.2) is 0 Å². The summed E-state index contributed by atoms with van der Waals surface area (Å²) in [5.74, 6) is 1.49. The van der Waals surface area contributed by atoms with Crippen molar-refractivity contribution < 1.29 is 24.2 Å². The minimum Gasteiger partial charge on any atom is -0.508 e. The maximum Gasteiger partial charge on any atom is 0.343 e. The van der Waals surface area contributed by atoms with Gasteiger partial charge in [0.2, 0.25) is 0 Å². The van der Waals surface area contributed by atoms with Gasteiger partial charge in [-0.1, -0.05) is 43.5 Å². The number of phenolic OH excluding ortho intramolecular Hbond substituents is 1. The van der Waals surface area contributed by atoms with E-state index >= 15 is 0 Å². The smallest absolute Gasteiger partial charge is 0.343 e.